The minimum absolute atomic E-state index is 0.0604. The lowest BCUT2D eigenvalue weighted by Crippen LogP contribution is -2.23. The third-order valence-electron chi connectivity index (χ3n) is 3.27. The molecule has 110 valence electrons. The quantitative estimate of drug-likeness (QED) is 0.635. The molecule has 0 saturated heterocycles. The van der Waals surface area contributed by atoms with E-state index in [1.54, 1.807) is 18.2 Å². The Labute approximate surface area is 124 Å². The molecule has 3 aromatic rings. The van der Waals surface area contributed by atoms with Crippen LogP contribution in [0, 0.1) is 5.82 Å². The molecule has 6 heteroatoms. The largest absolute Gasteiger partial charge is 0.398 e. The van der Waals surface area contributed by atoms with Crippen molar-refractivity contribution < 1.29 is 9.18 Å². The highest BCUT2D eigenvalue weighted by Crippen LogP contribution is 2.19. The Bertz CT molecular complexity index is 917. The van der Waals surface area contributed by atoms with Crippen LogP contribution in [0.1, 0.15) is 10.4 Å². The van der Waals surface area contributed by atoms with Gasteiger partial charge in [0.1, 0.15) is 11.4 Å². The Morgan fingerprint density at radius 3 is 2.59 bits per heavy atom. The van der Waals surface area contributed by atoms with Crippen molar-refractivity contribution in [3.05, 3.63) is 70.3 Å². The number of aromatic nitrogens is 1. The van der Waals surface area contributed by atoms with Gasteiger partial charge >= 0.3 is 0 Å². The Morgan fingerprint density at radius 1 is 1.14 bits per heavy atom. The van der Waals surface area contributed by atoms with E-state index in [0.717, 1.165) is 0 Å². The number of amides is 1. The number of benzene rings is 2. The molecular formula is C16H12FN3O2. The molecule has 22 heavy (non-hydrogen) atoms. The van der Waals surface area contributed by atoms with E-state index in [0.29, 0.717) is 22.3 Å². The maximum absolute atomic E-state index is 12.8. The predicted molar refractivity (Wildman–Crippen MR) is 83.3 cm³/mol. The number of pyridine rings is 1. The van der Waals surface area contributed by atoms with Crippen LogP contribution in [0.5, 0.6) is 0 Å². The molecule has 0 atom stereocenters. The topological polar surface area (TPSA) is 88.0 Å². The van der Waals surface area contributed by atoms with Crippen LogP contribution in [-0.2, 0) is 0 Å². The van der Waals surface area contributed by atoms with Gasteiger partial charge < -0.3 is 16.0 Å². The highest BCUT2D eigenvalue weighted by molar-refractivity contribution is 6.06. The van der Waals surface area contributed by atoms with Gasteiger partial charge in [0.15, 0.2) is 0 Å². The van der Waals surface area contributed by atoms with Gasteiger partial charge in [-0.25, -0.2) is 4.39 Å². The first-order valence-electron chi connectivity index (χ1n) is 6.53. The molecule has 0 radical (unpaired) electrons. The lowest BCUT2D eigenvalue weighted by molar-refractivity contribution is 0.102. The number of rotatable bonds is 2. The molecule has 0 aliphatic rings. The first-order valence-corrected chi connectivity index (χ1v) is 6.53. The van der Waals surface area contributed by atoms with Crippen LogP contribution < -0.4 is 16.6 Å². The van der Waals surface area contributed by atoms with Gasteiger partial charge in [-0.15, -0.1) is 0 Å². The summed E-state index contributed by atoms with van der Waals surface area (Å²) in [6.07, 6.45) is 0. The summed E-state index contributed by atoms with van der Waals surface area (Å²) in [6.45, 7) is 0. The number of hydrogen-bond donors (Lipinski definition) is 3. The van der Waals surface area contributed by atoms with Crippen LogP contribution in [-0.4, -0.2) is 10.9 Å². The second-order valence-electron chi connectivity index (χ2n) is 4.78. The van der Waals surface area contributed by atoms with Gasteiger partial charge in [-0.3, -0.25) is 9.59 Å². The van der Waals surface area contributed by atoms with Crippen molar-refractivity contribution >= 4 is 28.2 Å². The zero-order valence-corrected chi connectivity index (χ0v) is 11.4. The van der Waals surface area contributed by atoms with Crippen molar-refractivity contribution in [2.75, 3.05) is 11.1 Å². The Morgan fingerprint density at radius 2 is 1.86 bits per heavy atom. The minimum atomic E-state index is -0.585. The number of carbonyl (C=O) groups excluding carboxylic acids is 1. The molecule has 0 bridgehead atoms. The fourth-order valence-electron chi connectivity index (χ4n) is 2.15. The van der Waals surface area contributed by atoms with Crippen molar-refractivity contribution in [3.8, 4) is 0 Å². The van der Waals surface area contributed by atoms with Gasteiger partial charge in [-0.1, -0.05) is 6.07 Å². The van der Waals surface area contributed by atoms with Gasteiger partial charge in [-0.05, 0) is 42.5 Å². The number of nitrogen functional groups attached to an aromatic ring is 1. The summed E-state index contributed by atoms with van der Waals surface area (Å²) in [6, 6.07) is 11.8. The second-order valence-corrected chi connectivity index (χ2v) is 4.78. The monoisotopic (exact) mass is 297 g/mol. The average Bonchev–Trinajstić information content (AvgIpc) is 2.49. The van der Waals surface area contributed by atoms with Gasteiger partial charge in [0, 0.05) is 16.8 Å². The number of fused-ring (bicyclic) bond motifs is 1. The molecule has 0 aliphatic carbocycles. The molecule has 0 unspecified atom stereocenters. The summed E-state index contributed by atoms with van der Waals surface area (Å²) < 4.78 is 12.8. The van der Waals surface area contributed by atoms with Gasteiger partial charge in [-0.2, -0.15) is 0 Å². The van der Waals surface area contributed by atoms with E-state index >= 15 is 0 Å². The fraction of sp³-hybridized carbons (Fsp3) is 0. The number of halogens is 1. The molecule has 1 heterocycles. The Hall–Kier alpha value is -3.15. The van der Waals surface area contributed by atoms with E-state index in [1.165, 1.54) is 30.3 Å². The summed E-state index contributed by atoms with van der Waals surface area (Å²) in [7, 11) is 0. The number of nitrogens with two attached hydrogens (primary N) is 1. The predicted octanol–water partition coefficient (Wildman–Crippen LogP) is 2.50. The molecular weight excluding hydrogens is 285 g/mol. The number of nitrogens with one attached hydrogen (secondary N) is 2. The van der Waals surface area contributed by atoms with E-state index in [-0.39, 0.29) is 5.56 Å². The molecule has 3 rings (SSSR count). The number of anilines is 2. The second kappa shape index (κ2) is 5.33. The van der Waals surface area contributed by atoms with Crippen molar-refractivity contribution in [1.82, 2.24) is 4.98 Å². The Kier molecular flexibility index (Phi) is 3.34. The summed E-state index contributed by atoms with van der Waals surface area (Å²) in [5.41, 5.74) is 6.69. The zero-order chi connectivity index (χ0) is 15.7. The normalized spacial score (nSPS) is 10.6. The summed E-state index contributed by atoms with van der Waals surface area (Å²) in [5, 5.41) is 3.13. The van der Waals surface area contributed by atoms with E-state index in [2.05, 4.69) is 10.3 Å². The maximum Gasteiger partial charge on any atom is 0.261 e. The highest BCUT2D eigenvalue weighted by atomic mass is 19.1. The van der Waals surface area contributed by atoms with Crippen molar-refractivity contribution in [1.29, 1.82) is 0 Å². The summed E-state index contributed by atoms with van der Waals surface area (Å²) in [4.78, 5) is 26.8. The molecule has 0 aliphatic heterocycles. The fourth-order valence-corrected chi connectivity index (χ4v) is 2.15. The van der Waals surface area contributed by atoms with Crippen LogP contribution in [0.2, 0.25) is 0 Å². The third kappa shape index (κ3) is 2.54. The van der Waals surface area contributed by atoms with Gasteiger partial charge in [0.25, 0.3) is 11.5 Å². The van der Waals surface area contributed by atoms with E-state index in [1.807, 2.05) is 0 Å². The standard InChI is InChI=1S/C16H12FN3O2/c17-9-4-6-10(7-5-9)19-15(21)12-8-11-13(18)2-1-3-14(11)20-16(12)22/h1-8H,18H2,(H,19,21)(H,20,22). The van der Waals surface area contributed by atoms with Crippen LogP contribution in [0.4, 0.5) is 15.8 Å². The van der Waals surface area contributed by atoms with Crippen molar-refractivity contribution in [3.63, 3.8) is 0 Å². The SMILES string of the molecule is Nc1cccc2[nH]c(=O)c(C(=O)Nc3ccc(F)cc3)cc12. The van der Waals surface area contributed by atoms with Gasteiger partial charge in [0.2, 0.25) is 0 Å². The molecule has 2 aromatic carbocycles. The Balaban J connectivity index is 2.00. The van der Waals surface area contributed by atoms with E-state index < -0.39 is 17.3 Å². The third-order valence-corrected chi connectivity index (χ3v) is 3.27. The first-order chi connectivity index (χ1) is 10.5. The molecule has 1 amide bonds. The number of H-pyrrole nitrogens is 1. The lowest BCUT2D eigenvalue weighted by Gasteiger charge is -2.07. The number of aromatic amines is 1. The minimum Gasteiger partial charge on any atom is -0.398 e. The van der Waals surface area contributed by atoms with Crippen molar-refractivity contribution in [2.45, 2.75) is 0 Å². The highest BCUT2D eigenvalue weighted by Gasteiger charge is 2.13. The number of hydrogen-bond acceptors (Lipinski definition) is 3. The smallest absolute Gasteiger partial charge is 0.261 e. The summed E-state index contributed by atoms with van der Waals surface area (Å²) >= 11 is 0. The lowest BCUT2D eigenvalue weighted by atomic mass is 10.1. The van der Waals surface area contributed by atoms with E-state index in [9.17, 15) is 14.0 Å². The van der Waals surface area contributed by atoms with Crippen molar-refractivity contribution in [2.24, 2.45) is 0 Å². The maximum atomic E-state index is 12.8. The molecule has 5 nitrogen and oxygen atoms in total. The molecule has 1 aromatic heterocycles. The first kappa shape index (κ1) is 13.8. The molecule has 0 saturated carbocycles. The van der Waals surface area contributed by atoms with E-state index in [4.69, 9.17) is 5.73 Å². The average molecular weight is 297 g/mol. The zero-order valence-electron chi connectivity index (χ0n) is 11.4. The number of carbonyl (C=O) groups is 1. The molecule has 4 N–H and O–H groups in total. The van der Waals surface area contributed by atoms with Crippen LogP contribution in [0.3, 0.4) is 0 Å². The van der Waals surface area contributed by atoms with Crippen LogP contribution in [0.15, 0.2) is 53.3 Å². The van der Waals surface area contributed by atoms with Crippen LogP contribution >= 0.6 is 0 Å². The molecule has 0 fully saturated rings. The van der Waals surface area contributed by atoms with Gasteiger partial charge in [0.05, 0.1) is 5.52 Å². The summed E-state index contributed by atoms with van der Waals surface area (Å²) in [5.74, 6) is -0.993. The molecule has 0 spiro atoms. The van der Waals surface area contributed by atoms with Crippen LogP contribution in [0.25, 0.3) is 10.9 Å².